The Kier molecular flexibility index (Phi) is 6.74. The van der Waals surface area contributed by atoms with E-state index in [0.29, 0.717) is 11.1 Å². The Balaban J connectivity index is 1.75. The van der Waals surface area contributed by atoms with Crippen molar-refractivity contribution in [3.05, 3.63) is 89.0 Å². The first-order valence-electron chi connectivity index (χ1n) is 10.6. The predicted molar refractivity (Wildman–Crippen MR) is 132 cm³/mol. The molecule has 10 nitrogen and oxygen atoms in total. The quantitative estimate of drug-likeness (QED) is 0.279. The van der Waals surface area contributed by atoms with Crippen molar-refractivity contribution in [3.63, 3.8) is 0 Å². The highest BCUT2D eigenvalue weighted by atomic mass is 32.2. The Morgan fingerprint density at radius 2 is 1.75 bits per heavy atom. The Morgan fingerprint density at radius 1 is 1.03 bits per heavy atom. The van der Waals surface area contributed by atoms with Crippen LogP contribution in [0.1, 0.15) is 27.0 Å². The second-order valence-electron chi connectivity index (χ2n) is 8.17. The fraction of sp³-hybridized carbons (Fsp3) is 0.167. The van der Waals surface area contributed by atoms with Crippen LogP contribution in [-0.4, -0.2) is 41.5 Å². The minimum atomic E-state index is -4.16. The van der Waals surface area contributed by atoms with Crippen molar-refractivity contribution in [2.45, 2.75) is 13.3 Å². The van der Waals surface area contributed by atoms with Crippen LogP contribution in [0.15, 0.2) is 66.7 Å². The normalized spacial score (nSPS) is 14.8. The molecule has 4 rings (SSSR count). The Hall–Kier alpha value is -3.90. The van der Waals surface area contributed by atoms with Crippen molar-refractivity contribution >= 4 is 37.9 Å². The summed E-state index contributed by atoms with van der Waals surface area (Å²) in [7, 11) is -7.94. The molecule has 1 aliphatic rings. The van der Waals surface area contributed by atoms with E-state index in [1.165, 1.54) is 12.1 Å². The molecule has 0 spiro atoms. The molecular weight excluding hydrogens is 508 g/mol. The lowest BCUT2D eigenvalue weighted by atomic mass is 10.0. The zero-order valence-electron chi connectivity index (χ0n) is 19.3. The molecule has 0 aliphatic carbocycles. The van der Waals surface area contributed by atoms with Crippen molar-refractivity contribution in [1.82, 2.24) is 4.72 Å². The van der Waals surface area contributed by atoms with E-state index in [1.807, 2.05) is 11.6 Å². The second kappa shape index (κ2) is 9.63. The van der Waals surface area contributed by atoms with Gasteiger partial charge in [-0.05, 0) is 42.8 Å². The smallest absolute Gasteiger partial charge is 0.343 e. The molecule has 36 heavy (non-hydrogen) atoms. The molecule has 1 fully saturated rings. The summed E-state index contributed by atoms with van der Waals surface area (Å²) in [5, 5.41) is 0. The number of carbonyl (C=O) groups is 2. The Morgan fingerprint density at radius 3 is 2.39 bits per heavy atom. The zero-order valence-corrected chi connectivity index (χ0v) is 20.9. The molecule has 188 valence electrons. The van der Waals surface area contributed by atoms with Crippen molar-refractivity contribution in [3.8, 4) is 11.5 Å². The molecule has 3 aromatic carbocycles. The number of nitrogens with one attached hydrogen (secondary N) is 1. The topological polar surface area (TPSA) is 136 Å². The second-order valence-corrected chi connectivity index (χ2v) is 11.3. The van der Waals surface area contributed by atoms with E-state index in [2.05, 4.69) is 0 Å². The summed E-state index contributed by atoms with van der Waals surface area (Å²) in [5.41, 5.74) is 2.24. The summed E-state index contributed by atoms with van der Waals surface area (Å²) in [6.45, 7) is 1.37. The number of ether oxygens (including phenoxy) is 1. The van der Waals surface area contributed by atoms with Gasteiger partial charge in [-0.15, -0.1) is 0 Å². The van der Waals surface area contributed by atoms with Crippen molar-refractivity contribution < 1.29 is 35.3 Å². The minimum absolute atomic E-state index is 0.00164. The fourth-order valence-electron chi connectivity index (χ4n) is 3.66. The number of nitrogens with zero attached hydrogens (tertiary/aromatic N) is 1. The Labute approximate surface area is 208 Å². The standard InChI is InChI=1S/C24H22N2O8S2/c1-16-8-11-21(34-35(2,29)30)19(12-16)13-17-9-10-20(26-15-23(27)25-36(26,31)32)22(14-17)33-24(28)18-6-4-3-5-7-18/h3-12,14H,13,15H2,1-2H3,(H,25,27). The summed E-state index contributed by atoms with van der Waals surface area (Å²) in [6, 6.07) is 17.6. The third-order valence-electron chi connectivity index (χ3n) is 5.18. The van der Waals surface area contributed by atoms with Crippen LogP contribution in [0.2, 0.25) is 0 Å². The van der Waals surface area contributed by atoms with Crippen LogP contribution in [0.5, 0.6) is 11.5 Å². The van der Waals surface area contributed by atoms with Crippen molar-refractivity contribution in [2.24, 2.45) is 0 Å². The first-order valence-corrected chi connectivity index (χ1v) is 13.9. The zero-order chi connectivity index (χ0) is 26.1. The molecule has 3 aromatic rings. The minimum Gasteiger partial charge on any atom is -0.421 e. The van der Waals surface area contributed by atoms with Gasteiger partial charge in [0.25, 0.3) is 5.91 Å². The van der Waals surface area contributed by atoms with Gasteiger partial charge in [0.2, 0.25) is 0 Å². The van der Waals surface area contributed by atoms with Crippen molar-refractivity contribution in [2.75, 3.05) is 17.1 Å². The molecule has 1 saturated heterocycles. The van der Waals surface area contributed by atoms with Crippen LogP contribution in [0.3, 0.4) is 0 Å². The van der Waals surface area contributed by atoms with Gasteiger partial charge in [0.1, 0.15) is 12.3 Å². The molecule has 0 radical (unpaired) electrons. The molecule has 0 unspecified atom stereocenters. The number of aryl methyl sites for hydroxylation is 1. The van der Waals surface area contributed by atoms with Gasteiger partial charge >= 0.3 is 26.3 Å². The molecule has 0 aromatic heterocycles. The van der Waals surface area contributed by atoms with E-state index in [4.69, 9.17) is 8.92 Å². The van der Waals surface area contributed by atoms with Crippen LogP contribution in [0, 0.1) is 6.92 Å². The van der Waals surface area contributed by atoms with E-state index >= 15 is 0 Å². The number of esters is 1. The number of carbonyl (C=O) groups excluding carboxylic acids is 2. The van der Waals surface area contributed by atoms with Crippen LogP contribution >= 0.6 is 0 Å². The largest absolute Gasteiger partial charge is 0.421 e. The third-order valence-corrected chi connectivity index (χ3v) is 7.05. The molecule has 0 atom stereocenters. The molecule has 1 aliphatic heterocycles. The predicted octanol–water partition coefficient (Wildman–Crippen LogP) is 2.32. The summed E-state index contributed by atoms with van der Waals surface area (Å²) in [5.74, 6) is -1.38. The van der Waals surface area contributed by atoms with E-state index in [0.717, 1.165) is 16.1 Å². The van der Waals surface area contributed by atoms with Gasteiger partial charge < -0.3 is 8.92 Å². The maximum absolute atomic E-state index is 12.8. The maximum atomic E-state index is 12.8. The van der Waals surface area contributed by atoms with Gasteiger partial charge in [0.15, 0.2) is 5.75 Å². The third kappa shape index (κ3) is 5.83. The lowest BCUT2D eigenvalue weighted by Crippen LogP contribution is -2.30. The average Bonchev–Trinajstić information content (AvgIpc) is 3.07. The summed E-state index contributed by atoms with van der Waals surface area (Å²) in [4.78, 5) is 24.6. The summed E-state index contributed by atoms with van der Waals surface area (Å²) in [6.07, 6.45) is 1.13. The van der Waals surface area contributed by atoms with Gasteiger partial charge in [-0.1, -0.05) is 42.0 Å². The average molecular weight is 531 g/mol. The molecule has 0 saturated carbocycles. The molecule has 1 N–H and O–H groups in total. The van der Waals surface area contributed by atoms with Crippen LogP contribution in [-0.2, 0) is 31.5 Å². The van der Waals surface area contributed by atoms with E-state index in [1.54, 1.807) is 54.6 Å². The van der Waals surface area contributed by atoms with E-state index < -0.39 is 38.7 Å². The van der Waals surface area contributed by atoms with Gasteiger partial charge in [-0.3, -0.25) is 4.79 Å². The lowest BCUT2D eigenvalue weighted by molar-refractivity contribution is -0.117. The molecule has 0 bridgehead atoms. The highest BCUT2D eigenvalue weighted by molar-refractivity contribution is 7.92. The first-order chi connectivity index (χ1) is 16.9. The van der Waals surface area contributed by atoms with Crippen LogP contribution < -0.4 is 17.9 Å². The molecule has 1 heterocycles. The molecule has 12 heteroatoms. The van der Waals surface area contributed by atoms with Gasteiger partial charge in [-0.2, -0.15) is 16.8 Å². The van der Waals surface area contributed by atoms with Gasteiger partial charge in [0, 0.05) is 12.0 Å². The number of hydrogen-bond donors (Lipinski definition) is 1. The highest BCUT2D eigenvalue weighted by Gasteiger charge is 2.36. The summed E-state index contributed by atoms with van der Waals surface area (Å²) >= 11 is 0. The summed E-state index contributed by atoms with van der Waals surface area (Å²) < 4.78 is 61.7. The number of anilines is 1. The maximum Gasteiger partial charge on any atom is 0.343 e. The van der Waals surface area contributed by atoms with Gasteiger partial charge in [0.05, 0.1) is 17.5 Å². The lowest BCUT2D eigenvalue weighted by Gasteiger charge is -2.19. The van der Waals surface area contributed by atoms with E-state index in [9.17, 15) is 26.4 Å². The molecular formula is C24H22N2O8S2. The number of amides is 1. The van der Waals surface area contributed by atoms with Crippen LogP contribution in [0.25, 0.3) is 0 Å². The molecule has 1 amide bonds. The van der Waals surface area contributed by atoms with Crippen LogP contribution in [0.4, 0.5) is 5.69 Å². The SMILES string of the molecule is Cc1ccc(OS(C)(=O)=O)c(Cc2ccc(N3CC(=O)NS3(=O)=O)c(OC(=O)c3ccccc3)c2)c1. The number of hydrogen-bond acceptors (Lipinski definition) is 8. The Bertz CT molecular complexity index is 1550. The van der Waals surface area contributed by atoms with Gasteiger partial charge in [-0.25, -0.2) is 13.8 Å². The highest BCUT2D eigenvalue weighted by Crippen LogP contribution is 2.35. The first kappa shape index (κ1) is 25.2. The van der Waals surface area contributed by atoms with E-state index in [-0.39, 0.29) is 29.2 Å². The van der Waals surface area contributed by atoms with Crippen molar-refractivity contribution in [1.29, 1.82) is 0 Å². The number of rotatable bonds is 7. The number of benzene rings is 3. The fourth-order valence-corrected chi connectivity index (χ4v) is 5.31. The monoisotopic (exact) mass is 530 g/mol.